The maximum absolute atomic E-state index is 13.6. The third-order valence-corrected chi connectivity index (χ3v) is 4.64. The molecule has 0 atom stereocenters. The molecular weight excluding hydrogens is 387 g/mol. The van der Waals surface area contributed by atoms with Gasteiger partial charge in [0.15, 0.2) is 18.2 Å². The third kappa shape index (κ3) is 4.95. The van der Waals surface area contributed by atoms with Crippen LogP contribution in [0.1, 0.15) is 18.4 Å². The molecule has 1 aliphatic heterocycles. The predicted molar refractivity (Wildman–Crippen MR) is 99.3 cm³/mol. The second-order valence-corrected chi connectivity index (χ2v) is 6.92. The Morgan fingerprint density at radius 2 is 1.88 bits per heavy atom. The maximum Gasteiger partial charge on any atom is 0.258 e. The Morgan fingerprint density at radius 1 is 1.16 bits per heavy atom. The fraction of sp³-hybridized carbons (Fsp3) is 0.316. The van der Waals surface area contributed by atoms with Gasteiger partial charge in [0, 0.05) is 29.8 Å². The Bertz CT molecular complexity index is 731. The molecule has 0 radical (unpaired) electrons. The summed E-state index contributed by atoms with van der Waals surface area (Å²) in [4.78, 5) is 14.2. The number of hydrogen-bond acceptors (Lipinski definition) is 3. The summed E-state index contributed by atoms with van der Waals surface area (Å²) < 4.78 is 19.5. The lowest BCUT2D eigenvalue weighted by Crippen LogP contribution is -2.28. The van der Waals surface area contributed by atoms with Crippen molar-refractivity contribution in [1.29, 1.82) is 0 Å². The van der Waals surface area contributed by atoms with Crippen molar-refractivity contribution in [2.75, 3.05) is 24.6 Å². The van der Waals surface area contributed by atoms with Crippen molar-refractivity contribution in [3.8, 4) is 5.75 Å². The van der Waals surface area contributed by atoms with E-state index in [0.717, 1.165) is 18.7 Å². The minimum Gasteiger partial charge on any atom is -0.481 e. The van der Waals surface area contributed by atoms with Gasteiger partial charge < -0.3 is 15.0 Å². The van der Waals surface area contributed by atoms with Crippen molar-refractivity contribution in [3.05, 3.63) is 58.3 Å². The number of carbonyl (C=O) groups is 1. The van der Waals surface area contributed by atoms with Gasteiger partial charge in [-0.05, 0) is 48.7 Å². The fourth-order valence-corrected chi connectivity index (χ4v) is 3.12. The molecule has 0 aliphatic carbocycles. The molecule has 2 aromatic carbocycles. The van der Waals surface area contributed by atoms with Crippen molar-refractivity contribution in [2.45, 2.75) is 19.4 Å². The van der Waals surface area contributed by atoms with Crippen molar-refractivity contribution in [3.63, 3.8) is 0 Å². The molecule has 132 valence electrons. The van der Waals surface area contributed by atoms with E-state index in [2.05, 4.69) is 38.3 Å². The zero-order valence-corrected chi connectivity index (χ0v) is 15.4. The van der Waals surface area contributed by atoms with E-state index in [1.807, 2.05) is 12.1 Å². The first-order valence-corrected chi connectivity index (χ1v) is 9.09. The normalized spacial score (nSPS) is 13.8. The number of nitrogens with one attached hydrogen (secondary N) is 1. The highest BCUT2D eigenvalue weighted by Gasteiger charge is 2.12. The summed E-state index contributed by atoms with van der Waals surface area (Å²) in [5.74, 6) is -0.723. The van der Waals surface area contributed by atoms with E-state index in [1.165, 1.54) is 30.7 Å². The zero-order valence-electron chi connectivity index (χ0n) is 13.8. The minimum atomic E-state index is -0.500. The lowest BCUT2D eigenvalue weighted by atomic mass is 10.2. The second-order valence-electron chi connectivity index (χ2n) is 6.00. The van der Waals surface area contributed by atoms with Crippen LogP contribution in [-0.4, -0.2) is 25.6 Å². The van der Waals surface area contributed by atoms with Crippen molar-refractivity contribution >= 4 is 27.5 Å². The van der Waals surface area contributed by atoms with Crippen LogP contribution in [0.15, 0.2) is 46.9 Å². The van der Waals surface area contributed by atoms with Crippen LogP contribution in [0, 0.1) is 5.82 Å². The van der Waals surface area contributed by atoms with Crippen LogP contribution >= 0.6 is 15.9 Å². The van der Waals surface area contributed by atoms with Crippen molar-refractivity contribution in [1.82, 2.24) is 5.32 Å². The molecule has 1 N–H and O–H groups in total. The quantitative estimate of drug-likeness (QED) is 0.790. The summed E-state index contributed by atoms with van der Waals surface area (Å²) in [5.41, 5.74) is 2.24. The first-order chi connectivity index (χ1) is 12.1. The third-order valence-electron chi connectivity index (χ3n) is 4.15. The van der Waals surface area contributed by atoms with Gasteiger partial charge in [-0.2, -0.15) is 0 Å². The molecule has 4 nitrogen and oxygen atoms in total. The first-order valence-electron chi connectivity index (χ1n) is 8.30. The summed E-state index contributed by atoms with van der Waals surface area (Å²) in [6, 6.07) is 12.7. The molecule has 0 bridgehead atoms. The largest absolute Gasteiger partial charge is 0.481 e. The van der Waals surface area contributed by atoms with Crippen LogP contribution in [0.4, 0.5) is 10.1 Å². The minimum absolute atomic E-state index is 0.0633. The number of benzene rings is 2. The summed E-state index contributed by atoms with van der Waals surface area (Å²) >= 11 is 3.18. The van der Waals surface area contributed by atoms with Crippen molar-refractivity contribution in [2.24, 2.45) is 0 Å². The molecule has 1 amide bonds. The second kappa shape index (κ2) is 8.34. The van der Waals surface area contributed by atoms with E-state index < -0.39 is 5.82 Å². The molecule has 2 aromatic rings. The first kappa shape index (κ1) is 17.7. The fourth-order valence-electron chi connectivity index (χ4n) is 2.79. The van der Waals surface area contributed by atoms with Gasteiger partial charge in [0.2, 0.25) is 0 Å². The van der Waals surface area contributed by atoms with Crippen LogP contribution in [0.3, 0.4) is 0 Å². The monoisotopic (exact) mass is 406 g/mol. The number of nitrogens with zero attached hydrogens (tertiary/aromatic N) is 1. The van der Waals surface area contributed by atoms with E-state index in [-0.39, 0.29) is 18.3 Å². The highest BCUT2D eigenvalue weighted by molar-refractivity contribution is 9.10. The number of rotatable bonds is 6. The number of halogens is 2. The molecule has 6 heteroatoms. The molecule has 1 fully saturated rings. The molecule has 3 rings (SSSR count). The van der Waals surface area contributed by atoms with Gasteiger partial charge in [-0.15, -0.1) is 0 Å². The Labute approximate surface area is 155 Å². The number of amides is 1. The highest BCUT2D eigenvalue weighted by Crippen LogP contribution is 2.22. The summed E-state index contributed by atoms with van der Waals surface area (Å²) in [7, 11) is 0. The lowest BCUT2D eigenvalue weighted by molar-refractivity contribution is -0.123. The zero-order chi connectivity index (χ0) is 17.6. The van der Waals surface area contributed by atoms with Crippen LogP contribution in [0.25, 0.3) is 0 Å². The highest BCUT2D eigenvalue weighted by atomic mass is 79.9. The van der Waals surface area contributed by atoms with Gasteiger partial charge in [0.25, 0.3) is 5.91 Å². The molecular formula is C19H20BrFN2O2. The van der Waals surface area contributed by atoms with E-state index in [0.29, 0.717) is 11.0 Å². The Balaban J connectivity index is 1.45. The Morgan fingerprint density at radius 3 is 2.56 bits per heavy atom. The van der Waals surface area contributed by atoms with Crippen LogP contribution in [0.5, 0.6) is 5.75 Å². The van der Waals surface area contributed by atoms with Gasteiger partial charge in [-0.3, -0.25) is 4.79 Å². The molecule has 0 aromatic heterocycles. The standard InChI is InChI=1S/C19H20BrFN2O2/c20-15-5-8-18(17(21)11-15)25-13-19(24)22-12-14-3-6-16(7-4-14)23-9-1-2-10-23/h3-8,11H,1-2,9-10,12-13H2,(H,22,24). The summed E-state index contributed by atoms with van der Waals surface area (Å²) in [6.07, 6.45) is 2.49. The van der Waals surface area contributed by atoms with Crippen molar-refractivity contribution < 1.29 is 13.9 Å². The topological polar surface area (TPSA) is 41.6 Å². The lowest BCUT2D eigenvalue weighted by Gasteiger charge is -2.17. The summed E-state index contributed by atoms with van der Waals surface area (Å²) in [6.45, 7) is 2.43. The average molecular weight is 407 g/mol. The SMILES string of the molecule is O=C(COc1ccc(Br)cc1F)NCc1ccc(N2CCCC2)cc1. The Kier molecular flexibility index (Phi) is 5.91. The summed E-state index contributed by atoms with van der Waals surface area (Å²) in [5, 5.41) is 2.78. The smallest absolute Gasteiger partial charge is 0.258 e. The molecule has 25 heavy (non-hydrogen) atoms. The number of anilines is 1. The van der Waals surface area contributed by atoms with E-state index in [1.54, 1.807) is 6.07 Å². The number of ether oxygens (including phenoxy) is 1. The van der Waals surface area contributed by atoms with Gasteiger partial charge in [-0.25, -0.2) is 4.39 Å². The van der Waals surface area contributed by atoms with E-state index in [9.17, 15) is 9.18 Å². The van der Waals surface area contributed by atoms with Gasteiger partial charge in [0.1, 0.15) is 0 Å². The number of hydrogen-bond donors (Lipinski definition) is 1. The molecule has 0 spiro atoms. The maximum atomic E-state index is 13.6. The Hall–Kier alpha value is -2.08. The average Bonchev–Trinajstić information content (AvgIpc) is 3.14. The van der Waals surface area contributed by atoms with Crippen LogP contribution in [0.2, 0.25) is 0 Å². The van der Waals surface area contributed by atoms with Crippen LogP contribution in [-0.2, 0) is 11.3 Å². The van der Waals surface area contributed by atoms with Gasteiger partial charge >= 0.3 is 0 Å². The van der Waals surface area contributed by atoms with Gasteiger partial charge in [0.05, 0.1) is 0 Å². The van der Waals surface area contributed by atoms with E-state index >= 15 is 0 Å². The van der Waals surface area contributed by atoms with Gasteiger partial charge in [-0.1, -0.05) is 28.1 Å². The van der Waals surface area contributed by atoms with E-state index in [4.69, 9.17) is 4.74 Å². The molecule has 1 heterocycles. The number of carbonyl (C=O) groups excluding carboxylic acids is 1. The van der Waals surface area contributed by atoms with Crippen LogP contribution < -0.4 is 15.0 Å². The molecule has 0 saturated carbocycles. The molecule has 1 aliphatic rings. The molecule has 1 saturated heterocycles. The predicted octanol–water partition coefficient (Wildman–Crippen LogP) is 3.88. The molecule has 0 unspecified atom stereocenters.